The third kappa shape index (κ3) is 4.85. The lowest BCUT2D eigenvalue weighted by Gasteiger charge is -2.19. The van der Waals surface area contributed by atoms with Crippen molar-refractivity contribution in [1.82, 2.24) is 4.31 Å². The zero-order valence-electron chi connectivity index (χ0n) is 17.4. The average molecular weight is 417 g/mol. The van der Waals surface area contributed by atoms with Gasteiger partial charge in [-0.25, -0.2) is 8.42 Å². The molecule has 0 saturated carbocycles. The fraction of sp³-hybridized carbons (Fsp3) is 0.455. The molecule has 3 rings (SSSR count). The molecule has 0 aliphatic heterocycles. The number of hydrogen-bond donors (Lipinski definition) is 1. The second-order valence-electron chi connectivity index (χ2n) is 7.49. The number of nitrogens with one attached hydrogen (secondary N) is 1. The van der Waals surface area contributed by atoms with Crippen molar-refractivity contribution in [2.45, 2.75) is 57.9 Å². The van der Waals surface area contributed by atoms with Crippen molar-refractivity contribution in [3.05, 3.63) is 53.3 Å². The number of anilines is 1. The normalized spacial score (nSPS) is 13.9. The summed E-state index contributed by atoms with van der Waals surface area (Å²) >= 11 is 0. The van der Waals surface area contributed by atoms with Gasteiger partial charge in [0.2, 0.25) is 16.6 Å². The lowest BCUT2D eigenvalue weighted by Crippen LogP contribution is -2.40. The summed E-state index contributed by atoms with van der Waals surface area (Å²) in [4.78, 5) is 12.8. The summed E-state index contributed by atoms with van der Waals surface area (Å²) in [7, 11) is -3.57. The Labute approximate surface area is 173 Å². The van der Waals surface area contributed by atoms with E-state index in [0.29, 0.717) is 18.8 Å². The van der Waals surface area contributed by atoms with Crippen molar-refractivity contribution in [3.8, 4) is 0 Å². The predicted octanol–water partition coefficient (Wildman–Crippen LogP) is 2.83. The molecule has 0 bridgehead atoms. The molecule has 1 aliphatic carbocycles. The summed E-state index contributed by atoms with van der Waals surface area (Å²) in [5.41, 5.74) is 4.04. The Hall–Kier alpha value is -2.25. The summed E-state index contributed by atoms with van der Waals surface area (Å²) in [6.07, 6.45) is 8.58. The lowest BCUT2D eigenvalue weighted by atomic mass is 9.93. The summed E-state index contributed by atoms with van der Waals surface area (Å²) in [6, 6.07) is 6.98. The summed E-state index contributed by atoms with van der Waals surface area (Å²) in [5.74, 6) is -0.175. The Bertz CT molecular complexity index is 998. The van der Waals surface area contributed by atoms with E-state index in [1.165, 1.54) is 28.3 Å². The van der Waals surface area contributed by atoms with Crippen LogP contribution in [0.15, 0.2) is 41.6 Å². The topological polar surface area (TPSA) is 70.4 Å². The van der Waals surface area contributed by atoms with Gasteiger partial charge in [-0.2, -0.15) is 8.87 Å². The lowest BCUT2D eigenvalue weighted by molar-refractivity contribution is -0.684. The number of carbonyl (C=O) groups is 1. The van der Waals surface area contributed by atoms with Gasteiger partial charge in [-0.1, -0.05) is 19.9 Å². The molecule has 0 atom stereocenters. The summed E-state index contributed by atoms with van der Waals surface area (Å²) in [5, 5.41) is 2.88. The number of carbonyl (C=O) groups excluding carboxylic acids is 1. The molecule has 1 N–H and O–H groups in total. The maximum absolute atomic E-state index is 12.8. The van der Waals surface area contributed by atoms with Crippen LogP contribution in [0.5, 0.6) is 0 Å². The first kappa shape index (κ1) is 21.5. The molecule has 1 heterocycles. The van der Waals surface area contributed by atoms with E-state index in [1.807, 2.05) is 31.5 Å². The molecule has 2 aromatic rings. The Balaban J connectivity index is 1.77. The van der Waals surface area contributed by atoms with Gasteiger partial charge in [0.25, 0.3) is 5.91 Å². The molecule has 7 heteroatoms. The van der Waals surface area contributed by atoms with Crippen molar-refractivity contribution in [2.24, 2.45) is 0 Å². The molecule has 1 aromatic carbocycles. The third-order valence-electron chi connectivity index (χ3n) is 5.50. The van der Waals surface area contributed by atoms with E-state index in [9.17, 15) is 13.2 Å². The van der Waals surface area contributed by atoms with Crippen molar-refractivity contribution < 1.29 is 17.8 Å². The predicted molar refractivity (Wildman–Crippen MR) is 113 cm³/mol. The van der Waals surface area contributed by atoms with Crippen LogP contribution in [-0.2, 0) is 34.2 Å². The molecular weight excluding hydrogens is 386 g/mol. The van der Waals surface area contributed by atoms with E-state index < -0.39 is 10.0 Å². The van der Waals surface area contributed by atoms with Crippen LogP contribution >= 0.6 is 0 Å². The number of hydrogen-bond acceptors (Lipinski definition) is 3. The fourth-order valence-electron chi connectivity index (χ4n) is 3.78. The highest BCUT2D eigenvalue weighted by molar-refractivity contribution is 7.89. The van der Waals surface area contributed by atoms with Crippen molar-refractivity contribution >= 4 is 21.6 Å². The van der Waals surface area contributed by atoms with E-state index in [4.69, 9.17) is 0 Å². The van der Waals surface area contributed by atoms with Crippen LogP contribution in [0.3, 0.4) is 0 Å². The minimum absolute atomic E-state index is 0.175. The first-order valence-electron chi connectivity index (χ1n) is 10.3. The summed E-state index contributed by atoms with van der Waals surface area (Å²) < 4.78 is 28.9. The summed E-state index contributed by atoms with van der Waals surface area (Å²) in [6.45, 7) is 6.49. The molecular formula is C22H30N3O3S+. The highest BCUT2D eigenvalue weighted by Gasteiger charge is 2.23. The first-order valence-corrected chi connectivity index (χ1v) is 11.7. The van der Waals surface area contributed by atoms with Crippen LogP contribution < -0.4 is 9.88 Å². The van der Waals surface area contributed by atoms with Crippen LogP contribution in [-0.4, -0.2) is 31.7 Å². The van der Waals surface area contributed by atoms with Crippen LogP contribution in [0.2, 0.25) is 0 Å². The Kier molecular flexibility index (Phi) is 6.70. The Morgan fingerprint density at radius 3 is 2.48 bits per heavy atom. The molecule has 0 saturated heterocycles. The zero-order chi connectivity index (χ0) is 21.0. The third-order valence-corrected chi connectivity index (χ3v) is 7.54. The van der Waals surface area contributed by atoms with E-state index in [2.05, 4.69) is 17.6 Å². The number of nitrogens with zero attached hydrogens (tertiary/aromatic N) is 2. The van der Waals surface area contributed by atoms with E-state index in [1.54, 1.807) is 18.2 Å². The van der Waals surface area contributed by atoms with Crippen LogP contribution in [0.4, 0.5) is 5.69 Å². The first-order chi connectivity index (χ1) is 13.8. The highest BCUT2D eigenvalue weighted by Crippen LogP contribution is 2.23. The number of amides is 1. The molecule has 1 aliphatic rings. The van der Waals surface area contributed by atoms with E-state index >= 15 is 0 Å². The highest BCUT2D eigenvalue weighted by atomic mass is 32.2. The molecule has 29 heavy (non-hydrogen) atoms. The van der Waals surface area contributed by atoms with Gasteiger partial charge in [0.15, 0.2) is 12.4 Å². The second kappa shape index (κ2) is 9.05. The quantitative estimate of drug-likeness (QED) is 0.706. The van der Waals surface area contributed by atoms with Gasteiger partial charge in [0.05, 0.1) is 4.90 Å². The van der Waals surface area contributed by atoms with Gasteiger partial charge in [0, 0.05) is 30.4 Å². The zero-order valence-corrected chi connectivity index (χ0v) is 18.3. The second-order valence-corrected chi connectivity index (χ2v) is 9.43. The van der Waals surface area contributed by atoms with Gasteiger partial charge < -0.3 is 5.32 Å². The van der Waals surface area contributed by atoms with Crippen molar-refractivity contribution in [3.63, 3.8) is 0 Å². The smallest absolute Gasteiger partial charge is 0.290 e. The minimum Gasteiger partial charge on any atom is -0.320 e. The van der Waals surface area contributed by atoms with Crippen LogP contribution in [0.1, 0.15) is 43.4 Å². The molecule has 1 amide bonds. The van der Waals surface area contributed by atoms with Crippen LogP contribution in [0, 0.1) is 6.92 Å². The fourth-order valence-corrected chi connectivity index (χ4v) is 5.27. The maximum atomic E-state index is 12.8. The SMILES string of the molecule is CCN(CC)S(=O)(=O)c1ccc(C)c(NC(=O)C[n+]2ccc3c(c2)CCCC3)c1. The number of sulfonamides is 1. The Morgan fingerprint density at radius 1 is 1.10 bits per heavy atom. The maximum Gasteiger partial charge on any atom is 0.290 e. The number of pyridine rings is 1. The standard InChI is InChI=1S/C22H29N3O3S/c1-4-25(5-2)29(27,28)20-11-10-17(3)21(14-20)23-22(26)16-24-13-12-18-8-6-7-9-19(18)15-24/h10-15H,4-9,16H2,1-3H3/p+1. The average Bonchev–Trinajstić information content (AvgIpc) is 2.70. The number of benzene rings is 1. The number of rotatable bonds is 7. The van der Waals surface area contributed by atoms with Crippen molar-refractivity contribution in [1.29, 1.82) is 0 Å². The van der Waals surface area contributed by atoms with Gasteiger partial charge in [-0.05, 0) is 55.9 Å². The van der Waals surface area contributed by atoms with Crippen LogP contribution in [0.25, 0.3) is 0 Å². The molecule has 6 nitrogen and oxygen atoms in total. The van der Waals surface area contributed by atoms with E-state index in [0.717, 1.165) is 18.4 Å². The molecule has 156 valence electrons. The monoisotopic (exact) mass is 416 g/mol. The van der Waals surface area contributed by atoms with E-state index in [-0.39, 0.29) is 17.3 Å². The molecule has 1 aromatic heterocycles. The molecule has 0 spiro atoms. The molecule has 0 fully saturated rings. The number of aryl methyl sites for hydroxylation is 3. The molecule has 0 radical (unpaired) electrons. The minimum atomic E-state index is -3.57. The van der Waals surface area contributed by atoms with Crippen molar-refractivity contribution in [2.75, 3.05) is 18.4 Å². The number of fused-ring (bicyclic) bond motifs is 1. The van der Waals surface area contributed by atoms with Gasteiger partial charge >= 0.3 is 0 Å². The van der Waals surface area contributed by atoms with Gasteiger partial charge in [0.1, 0.15) is 0 Å². The van der Waals surface area contributed by atoms with Gasteiger partial charge in [-0.3, -0.25) is 4.79 Å². The number of aromatic nitrogens is 1. The van der Waals surface area contributed by atoms with Gasteiger partial charge in [-0.15, -0.1) is 0 Å². The molecule has 0 unspecified atom stereocenters. The Morgan fingerprint density at radius 2 is 1.79 bits per heavy atom. The largest absolute Gasteiger partial charge is 0.320 e.